The van der Waals surface area contributed by atoms with Gasteiger partial charge in [0.05, 0.1) is 19.6 Å². The second kappa shape index (κ2) is 15.1. The molecule has 1 unspecified atom stereocenters. The Bertz CT molecular complexity index is 1770. The van der Waals surface area contributed by atoms with Gasteiger partial charge < -0.3 is 25.0 Å². The molecule has 15 nitrogen and oxygen atoms in total. The monoisotopic (exact) mass is 776 g/mol. The van der Waals surface area contributed by atoms with Gasteiger partial charge in [-0.1, -0.05) is 49.3 Å². The lowest BCUT2D eigenvalue weighted by Gasteiger charge is -2.37. The molecule has 3 N–H and O–H groups in total. The molecule has 2 aliphatic carbocycles. The lowest BCUT2D eigenvalue weighted by molar-refractivity contribution is -0.141. The van der Waals surface area contributed by atoms with Crippen LogP contribution in [0.25, 0.3) is 0 Å². The van der Waals surface area contributed by atoms with E-state index in [1.807, 2.05) is 35.1 Å². The fourth-order valence-electron chi connectivity index (χ4n) is 8.09. The molecule has 294 valence electrons. The van der Waals surface area contributed by atoms with Gasteiger partial charge in [-0.15, -0.1) is 0 Å². The third-order valence-electron chi connectivity index (χ3n) is 11.3. The van der Waals surface area contributed by atoms with Crippen LogP contribution in [-0.2, 0) is 47.2 Å². The van der Waals surface area contributed by atoms with E-state index < -0.39 is 88.8 Å². The molecule has 5 atom stereocenters. The number of hydrogen-bond acceptors (Lipinski definition) is 9. The van der Waals surface area contributed by atoms with Crippen LogP contribution in [0.2, 0.25) is 0 Å². The highest BCUT2D eigenvalue weighted by molar-refractivity contribution is 7.87. The van der Waals surface area contributed by atoms with E-state index in [1.165, 1.54) is 9.80 Å². The molecule has 2 saturated carbocycles. The summed E-state index contributed by atoms with van der Waals surface area (Å²) in [5.74, 6) is -6.31. The lowest BCUT2D eigenvalue weighted by atomic mass is 10.0. The first-order valence-electron chi connectivity index (χ1n) is 18.7. The van der Waals surface area contributed by atoms with Gasteiger partial charge in [0.1, 0.15) is 29.8 Å². The van der Waals surface area contributed by atoms with E-state index in [0.717, 1.165) is 36.8 Å². The minimum absolute atomic E-state index is 0.0263. The van der Waals surface area contributed by atoms with Crippen LogP contribution in [-0.4, -0.2) is 108 Å². The molecule has 4 heterocycles. The largest absolute Gasteiger partial charge is 0.446 e. The Labute approximate surface area is 312 Å². The van der Waals surface area contributed by atoms with E-state index >= 15 is 0 Å². The second-order valence-electron chi connectivity index (χ2n) is 15.3. The number of halogens is 2. The van der Waals surface area contributed by atoms with Crippen molar-refractivity contribution in [1.82, 2.24) is 29.5 Å². The van der Waals surface area contributed by atoms with Gasteiger partial charge in [0, 0.05) is 25.4 Å². The average Bonchev–Trinajstić information content (AvgIpc) is 3.52. The van der Waals surface area contributed by atoms with Gasteiger partial charge in [-0.25, -0.2) is 23.1 Å². The Morgan fingerprint density at radius 2 is 1.59 bits per heavy atom. The standard InChI is InChI=1S/C36H46F2N6O9S/c37-35(38)21-43(22-35)54(50,51)41-32(47)36-17-25(36)12-4-2-1-3-5-15-28(39-33(48)52-26-13-8-9-14-26)31(46)44-20-27(16-29(44)30(45)40-36)53-34(49)42-18-23-10-6-7-11-24(23)19-42/h4,6-7,10-12,25-29H,1-3,5,8-9,13-22H2,(H,39,48)(H,40,45)(H,41,47)/t25-,27-,28+,29?,36-/m1/s1. The lowest BCUT2D eigenvalue weighted by Crippen LogP contribution is -2.64. The highest BCUT2D eigenvalue weighted by Gasteiger charge is 2.62. The van der Waals surface area contributed by atoms with Crippen LogP contribution in [0.15, 0.2) is 36.4 Å². The highest BCUT2D eigenvalue weighted by atomic mass is 32.2. The summed E-state index contributed by atoms with van der Waals surface area (Å²) in [5.41, 5.74) is 0.202. The van der Waals surface area contributed by atoms with Gasteiger partial charge in [-0.3, -0.25) is 19.3 Å². The minimum atomic E-state index is -4.64. The first-order valence-corrected chi connectivity index (χ1v) is 20.2. The first-order chi connectivity index (χ1) is 25.7. The summed E-state index contributed by atoms with van der Waals surface area (Å²) in [5, 5.41) is 5.42. The van der Waals surface area contributed by atoms with Crippen LogP contribution in [0, 0.1) is 5.92 Å². The number of alkyl halides is 2. The number of fused-ring (bicyclic) bond motifs is 3. The minimum Gasteiger partial charge on any atom is -0.446 e. The van der Waals surface area contributed by atoms with Crippen molar-refractivity contribution in [2.45, 2.75) is 119 Å². The molecule has 18 heteroatoms. The van der Waals surface area contributed by atoms with Crippen LogP contribution in [0.1, 0.15) is 81.8 Å². The van der Waals surface area contributed by atoms with Crippen molar-refractivity contribution in [3.05, 3.63) is 47.5 Å². The molecule has 4 aliphatic heterocycles. The molecule has 1 aromatic carbocycles. The molecule has 7 rings (SSSR count). The summed E-state index contributed by atoms with van der Waals surface area (Å²) in [4.78, 5) is 71.4. The molecule has 2 saturated heterocycles. The topological polar surface area (TPSA) is 184 Å². The normalized spacial score (nSPS) is 30.1. The number of alkyl carbamates (subject to hydrolysis) is 1. The van der Waals surface area contributed by atoms with Crippen LogP contribution in [0.4, 0.5) is 18.4 Å². The zero-order valence-electron chi connectivity index (χ0n) is 29.8. The summed E-state index contributed by atoms with van der Waals surface area (Å²) < 4.78 is 66.5. The maximum atomic E-state index is 14.4. The van der Waals surface area contributed by atoms with Gasteiger partial charge in [0.25, 0.3) is 11.8 Å². The van der Waals surface area contributed by atoms with Crippen molar-refractivity contribution < 1.29 is 50.6 Å². The van der Waals surface area contributed by atoms with E-state index in [4.69, 9.17) is 9.47 Å². The smallest absolute Gasteiger partial charge is 0.410 e. The predicted molar refractivity (Wildman–Crippen MR) is 187 cm³/mol. The van der Waals surface area contributed by atoms with Crippen LogP contribution in [0.5, 0.6) is 0 Å². The predicted octanol–water partition coefficient (Wildman–Crippen LogP) is 2.85. The second-order valence-corrected chi connectivity index (χ2v) is 16.9. The Balaban J connectivity index is 1.12. The summed E-state index contributed by atoms with van der Waals surface area (Å²) in [7, 11) is -4.64. The summed E-state index contributed by atoms with van der Waals surface area (Å²) >= 11 is 0. The quantitative estimate of drug-likeness (QED) is 0.366. The Morgan fingerprint density at radius 3 is 2.28 bits per heavy atom. The van der Waals surface area contributed by atoms with Crippen molar-refractivity contribution in [2.24, 2.45) is 5.92 Å². The van der Waals surface area contributed by atoms with Crippen molar-refractivity contribution >= 4 is 40.1 Å². The Morgan fingerprint density at radius 1 is 0.907 bits per heavy atom. The SMILES string of the molecule is O=C(N[C@H]1CCCCCC=C[C@@H]2C[C@@]2(C(=O)NS(=O)(=O)N2CC(F)(F)C2)NC(=O)C2C[C@@H](OC(=O)N3Cc4ccccc4C3)CN2C1=O)OC1CCCC1. The van der Waals surface area contributed by atoms with E-state index in [-0.39, 0.29) is 31.9 Å². The molecule has 4 fully saturated rings. The number of carbonyl (C=O) groups excluding carboxylic acids is 5. The Kier molecular flexibility index (Phi) is 10.6. The van der Waals surface area contributed by atoms with Gasteiger partial charge in [-0.2, -0.15) is 12.7 Å². The van der Waals surface area contributed by atoms with Gasteiger partial charge >= 0.3 is 22.4 Å². The zero-order valence-corrected chi connectivity index (χ0v) is 30.7. The number of ether oxygens (including phenoxy) is 2. The van der Waals surface area contributed by atoms with E-state index in [1.54, 1.807) is 6.08 Å². The number of rotatable bonds is 6. The maximum absolute atomic E-state index is 14.4. The third-order valence-corrected chi connectivity index (χ3v) is 12.6. The van der Waals surface area contributed by atoms with E-state index in [2.05, 4.69) is 10.6 Å². The van der Waals surface area contributed by atoms with Gasteiger partial charge in [-0.05, 0) is 62.5 Å². The number of hydrogen-bond donors (Lipinski definition) is 3. The number of benzene rings is 1. The molecular formula is C36H46F2N6O9S. The van der Waals surface area contributed by atoms with E-state index in [0.29, 0.717) is 43.1 Å². The highest BCUT2D eigenvalue weighted by Crippen LogP contribution is 2.46. The van der Waals surface area contributed by atoms with Gasteiger partial charge in [0.15, 0.2) is 0 Å². The van der Waals surface area contributed by atoms with Crippen LogP contribution < -0.4 is 15.4 Å². The molecule has 5 amide bonds. The zero-order chi connectivity index (χ0) is 38.3. The number of amides is 5. The van der Waals surface area contributed by atoms with Crippen molar-refractivity contribution in [1.29, 1.82) is 0 Å². The number of nitrogens with zero attached hydrogens (tertiary/aromatic N) is 3. The first kappa shape index (κ1) is 38.0. The molecular weight excluding hydrogens is 730 g/mol. The fourth-order valence-corrected chi connectivity index (χ4v) is 9.35. The molecule has 1 aromatic rings. The van der Waals surface area contributed by atoms with Crippen molar-refractivity contribution in [3.63, 3.8) is 0 Å². The molecule has 0 aromatic heterocycles. The Hall–Kier alpha value is -4.32. The number of nitrogens with one attached hydrogen (secondary N) is 3. The van der Waals surface area contributed by atoms with Crippen molar-refractivity contribution in [3.8, 4) is 0 Å². The molecule has 0 radical (unpaired) electrons. The molecule has 6 aliphatic rings. The summed E-state index contributed by atoms with van der Waals surface area (Å²) in [6.45, 7) is -1.68. The molecule has 54 heavy (non-hydrogen) atoms. The van der Waals surface area contributed by atoms with Crippen LogP contribution in [0.3, 0.4) is 0 Å². The maximum Gasteiger partial charge on any atom is 0.410 e. The third kappa shape index (κ3) is 8.18. The summed E-state index contributed by atoms with van der Waals surface area (Å²) in [6, 6.07) is 5.24. The fraction of sp³-hybridized carbons (Fsp3) is 0.639. The number of allylic oxidation sites excluding steroid dienone is 1. The van der Waals surface area contributed by atoms with Crippen LogP contribution >= 0.6 is 0 Å². The van der Waals surface area contributed by atoms with Crippen molar-refractivity contribution in [2.75, 3.05) is 19.6 Å². The van der Waals surface area contributed by atoms with Gasteiger partial charge in [0.2, 0.25) is 11.8 Å². The molecule has 0 bridgehead atoms. The van der Waals surface area contributed by atoms with E-state index in [9.17, 15) is 41.2 Å². The molecule has 0 spiro atoms. The summed E-state index contributed by atoms with van der Waals surface area (Å²) in [6.07, 6.45) is 7.05. The number of carbonyl (C=O) groups is 5. The average molecular weight is 777 g/mol.